The molecule has 1 aliphatic heterocycles. The molecule has 3 heterocycles. The lowest BCUT2D eigenvalue weighted by Crippen LogP contribution is -2.43. The number of pyridine rings is 1. The van der Waals surface area contributed by atoms with Gasteiger partial charge in [-0.15, -0.1) is 0 Å². The molecule has 0 amide bonds. The summed E-state index contributed by atoms with van der Waals surface area (Å²) >= 11 is 0. The van der Waals surface area contributed by atoms with Gasteiger partial charge >= 0.3 is 0 Å². The van der Waals surface area contributed by atoms with Gasteiger partial charge in [0.1, 0.15) is 5.65 Å². The quantitative estimate of drug-likeness (QED) is 0.867. The molecule has 2 aromatic rings. The maximum absolute atomic E-state index is 6.16. The Labute approximate surface area is 113 Å². The maximum Gasteiger partial charge on any atom is 0.139 e. The molecule has 3 N–H and O–H groups in total. The molecule has 2 aliphatic rings. The van der Waals surface area contributed by atoms with Crippen molar-refractivity contribution in [3.63, 3.8) is 0 Å². The number of fused-ring (bicyclic) bond motifs is 1. The number of aromatic nitrogens is 2. The van der Waals surface area contributed by atoms with E-state index in [1.54, 1.807) is 0 Å². The number of hydrogen-bond donors (Lipinski definition) is 2. The number of H-pyrrole nitrogens is 1. The second-order valence-electron chi connectivity index (χ2n) is 5.92. The van der Waals surface area contributed by atoms with Gasteiger partial charge in [0.05, 0.1) is 5.69 Å². The molecule has 4 heteroatoms. The van der Waals surface area contributed by atoms with E-state index >= 15 is 0 Å². The molecule has 1 unspecified atom stereocenters. The molecule has 4 rings (SSSR count). The Bertz CT molecular complexity index is 599. The highest BCUT2D eigenvalue weighted by Gasteiger charge is 2.30. The first kappa shape index (κ1) is 11.3. The Morgan fingerprint density at radius 2 is 2.21 bits per heavy atom. The molecule has 0 radical (unpaired) electrons. The second-order valence-corrected chi connectivity index (χ2v) is 5.92. The number of nitrogens with two attached hydrogens (primary N) is 1. The normalized spacial score (nSPS) is 24.1. The summed E-state index contributed by atoms with van der Waals surface area (Å²) < 4.78 is 0. The Hall–Kier alpha value is -1.55. The van der Waals surface area contributed by atoms with Gasteiger partial charge < -0.3 is 15.6 Å². The molecule has 0 aromatic carbocycles. The summed E-state index contributed by atoms with van der Waals surface area (Å²) in [5, 5.41) is 1.26. The molecule has 1 saturated carbocycles. The number of hydrogen-bond acceptors (Lipinski definition) is 3. The zero-order chi connectivity index (χ0) is 12.8. The number of aromatic amines is 1. The Balaban J connectivity index is 1.84. The monoisotopic (exact) mass is 256 g/mol. The molecular formula is C15H20N4. The zero-order valence-electron chi connectivity index (χ0n) is 11.1. The number of nitrogens with one attached hydrogen (secondary N) is 1. The topological polar surface area (TPSA) is 57.9 Å². The van der Waals surface area contributed by atoms with Crippen LogP contribution in [0.15, 0.2) is 18.5 Å². The summed E-state index contributed by atoms with van der Waals surface area (Å²) in [5.41, 5.74) is 9.98. The van der Waals surface area contributed by atoms with Crippen LogP contribution >= 0.6 is 0 Å². The van der Waals surface area contributed by atoms with E-state index in [1.807, 2.05) is 6.20 Å². The van der Waals surface area contributed by atoms with Crippen molar-refractivity contribution >= 4 is 16.7 Å². The molecular weight excluding hydrogens is 236 g/mol. The molecule has 4 nitrogen and oxygen atoms in total. The third kappa shape index (κ3) is 1.91. The van der Waals surface area contributed by atoms with Crippen LogP contribution < -0.4 is 10.6 Å². The van der Waals surface area contributed by atoms with Gasteiger partial charge in [-0.3, -0.25) is 0 Å². The van der Waals surface area contributed by atoms with E-state index in [2.05, 4.69) is 27.1 Å². The van der Waals surface area contributed by atoms with Crippen molar-refractivity contribution in [1.82, 2.24) is 9.97 Å². The van der Waals surface area contributed by atoms with Crippen molar-refractivity contribution < 1.29 is 0 Å². The fourth-order valence-corrected chi connectivity index (χ4v) is 3.27. The smallest absolute Gasteiger partial charge is 0.139 e. The average molecular weight is 256 g/mol. The van der Waals surface area contributed by atoms with E-state index < -0.39 is 0 Å². The molecule has 0 bridgehead atoms. The summed E-state index contributed by atoms with van der Waals surface area (Å²) in [6, 6.07) is 2.46. The summed E-state index contributed by atoms with van der Waals surface area (Å²) in [7, 11) is 0. The van der Waals surface area contributed by atoms with Crippen LogP contribution in [0.3, 0.4) is 0 Å². The number of rotatable bonds is 2. The van der Waals surface area contributed by atoms with Crippen LogP contribution in [0.25, 0.3) is 11.0 Å². The van der Waals surface area contributed by atoms with Gasteiger partial charge in [-0.25, -0.2) is 4.98 Å². The summed E-state index contributed by atoms with van der Waals surface area (Å²) in [4.78, 5) is 10.3. The Morgan fingerprint density at radius 1 is 1.32 bits per heavy atom. The van der Waals surface area contributed by atoms with Crippen LogP contribution in [-0.4, -0.2) is 29.1 Å². The van der Waals surface area contributed by atoms with Gasteiger partial charge in [-0.05, 0) is 43.2 Å². The van der Waals surface area contributed by atoms with E-state index in [4.69, 9.17) is 5.73 Å². The number of nitrogens with zero attached hydrogens (tertiary/aromatic N) is 2. The van der Waals surface area contributed by atoms with Crippen molar-refractivity contribution in [2.75, 3.05) is 18.0 Å². The first-order valence-corrected chi connectivity index (χ1v) is 7.29. The summed E-state index contributed by atoms with van der Waals surface area (Å²) in [6.07, 6.45) is 9.03. The Morgan fingerprint density at radius 3 is 3.00 bits per heavy atom. The minimum atomic E-state index is 0.308. The fourth-order valence-electron chi connectivity index (χ4n) is 3.27. The molecule has 1 aliphatic carbocycles. The molecule has 1 atom stereocenters. The van der Waals surface area contributed by atoms with Gasteiger partial charge in [-0.1, -0.05) is 0 Å². The van der Waals surface area contributed by atoms with E-state index in [-0.39, 0.29) is 0 Å². The second kappa shape index (κ2) is 4.23. The van der Waals surface area contributed by atoms with E-state index in [9.17, 15) is 0 Å². The van der Waals surface area contributed by atoms with Crippen molar-refractivity contribution in [3.8, 4) is 0 Å². The first-order valence-electron chi connectivity index (χ1n) is 7.29. The average Bonchev–Trinajstić information content (AvgIpc) is 3.15. The molecule has 2 aromatic heterocycles. The van der Waals surface area contributed by atoms with Gasteiger partial charge in [0.25, 0.3) is 0 Å². The van der Waals surface area contributed by atoms with Crippen LogP contribution in [0.2, 0.25) is 0 Å². The third-order valence-electron chi connectivity index (χ3n) is 4.38. The molecule has 19 heavy (non-hydrogen) atoms. The van der Waals surface area contributed by atoms with Crippen molar-refractivity contribution in [2.24, 2.45) is 5.73 Å². The van der Waals surface area contributed by atoms with Gasteiger partial charge in [0.2, 0.25) is 0 Å². The predicted octanol–water partition coefficient (Wildman–Crippen LogP) is 2.37. The third-order valence-corrected chi connectivity index (χ3v) is 4.38. The van der Waals surface area contributed by atoms with E-state index in [0.29, 0.717) is 6.04 Å². The maximum atomic E-state index is 6.16. The highest BCUT2D eigenvalue weighted by molar-refractivity contribution is 5.92. The zero-order valence-corrected chi connectivity index (χ0v) is 11.1. The van der Waals surface area contributed by atoms with Gasteiger partial charge in [0, 0.05) is 36.9 Å². The summed E-state index contributed by atoms with van der Waals surface area (Å²) in [6.45, 7) is 2.10. The molecule has 100 valence electrons. The lowest BCUT2D eigenvalue weighted by atomic mass is 10.0. The lowest BCUT2D eigenvalue weighted by molar-refractivity contribution is 0.506. The SMILES string of the molecule is NC1CCCN(c2c(C3CC3)cnc3[nH]ccc23)C1. The van der Waals surface area contributed by atoms with Crippen molar-refractivity contribution in [2.45, 2.75) is 37.6 Å². The number of anilines is 1. The van der Waals surface area contributed by atoms with Crippen LogP contribution in [0.5, 0.6) is 0 Å². The largest absolute Gasteiger partial charge is 0.369 e. The highest BCUT2D eigenvalue weighted by Crippen LogP contribution is 2.46. The Kier molecular flexibility index (Phi) is 2.52. The predicted molar refractivity (Wildman–Crippen MR) is 77.5 cm³/mol. The van der Waals surface area contributed by atoms with Crippen LogP contribution in [0.4, 0.5) is 5.69 Å². The standard InChI is InChI=1S/C15H20N4/c16-11-2-1-7-19(9-11)14-12-5-6-17-15(12)18-8-13(14)10-3-4-10/h5-6,8,10-11H,1-4,7,9,16H2,(H,17,18). The van der Waals surface area contributed by atoms with Crippen molar-refractivity contribution in [3.05, 3.63) is 24.0 Å². The minimum absolute atomic E-state index is 0.308. The van der Waals surface area contributed by atoms with Gasteiger partial charge in [0.15, 0.2) is 0 Å². The molecule has 0 spiro atoms. The molecule has 1 saturated heterocycles. The van der Waals surface area contributed by atoms with Crippen LogP contribution in [0.1, 0.15) is 37.2 Å². The lowest BCUT2D eigenvalue weighted by Gasteiger charge is -2.34. The van der Waals surface area contributed by atoms with Crippen molar-refractivity contribution in [1.29, 1.82) is 0 Å². The fraction of sp³-hybridized carbons (Fsp3) is 0.533. The summed E-state index contributed by atoms with van der Waals surface area (Å²) in [5.74, 6) is 0.722. The molecule has 2 fully saturated rings. The van der Waals surface area contributed by atoms with E-state index in [0.717, 1.165) is 31.1 Å². The van der Waals surface area contributed by atoms with E-state index in [1.165, 1.54) is 35.9 Å². The minimum Gasteiger partial charge on any atom is -0.369 e. The number of piperidine rings is 1. The van der Waals surface area contributed by atoms with Gasteiger partial charge in [-0.2, -0.15) is 0 Å². The first-order chi connectivity index (χ1) is 9.33. The highest BCUT2D eigenvalue weighted by atomic mass is 15.2. The van der Waals surface area contributed by atoms with Crippen LogP contribution in [0, 0.1) is 0 Å². The van der Waals surface area contributed by atoms with Crippen LogP contribution in [-0.2, 0) is 0 Å².